The fraction of sp³-hybridized carbons (Fsp3) is 0.927. The first-order chi connectivity index (χ1) is 34.1. The SMILES string of the molecule is CN1CCN(CCCNCCC(=O)OCCCCOC(=O)CC(C)(C)CN2CCCC(CCCC3CCCN(CCC(=O)OCCCCOC(=O)CCC(C)(C)NCCCN4CCN(C)CC4)C3)C2)CC1. The summed E-state index contributed by atoms with van der Waals surface area (Å²) in [6.45, 7) is 29.9. The predicted molar refractivity (Wildman–Crippen MR) is 283 cm³/mol. The van der Waals surface area contributed by atoms with Crippen LogP contribution in [0.2, 0.25) is 0 Å². The summed E-state index contributed by atoms with van der Waals surface area (Å²) in [5, 5.41) is 6.98. The van der Waals surface area contributed by atoms with Crippen molar-refractivity contribution in [2.75, 3.05) is 165 Å². The van der Waals surface area contributed by atoms with Crippen molar-refractivity contribution >= 4 is 23.9 Å². The predicted octanol–water partition coefficient (Wildman–Crippen LogP) is 5.52. The minimum Gasteiger partial charge on any atom is -0.466 e. The highest BCUT2D eigenvalue weighted by Gasteiger charge is 2.30. The van der Waals surface area contributed by atoms with Gasteiger partial charge in [0.25, 0.3) is 0 Å². The Hall–Kier alpha value is -2.44. The third kappa shape index (κ3) is 29.3. The molecule has 0 radical (unpaired) electrons. The number of ether oxygens (including phenoxy) is 4. The van der Waals surface area contributed by atoms with Gasteiger partial charge in [-0.2, -0.15) is 0 Å². The van der Waals surface area contributed by atoms with Crippen molar-refractivity contribution in [3.05, 3.63) is 0 Å². The molecule has 0 aliphatic carbocycles. The second-order valence-corrected chi connectivity index (χ2v) is 23.2. The van der Waals surface area contributed by atoms with Gasteiger partial charge in [0.05, 0.1) is 45.7 Å². The zero-order valence-electron chi connectivity index (χ0n) is 46.1. The van der Waals surface area contributed by atoms with Gasteiger partial charge in [-0.1, -0.05) is 20.3 Å². The molecule has 71 heavy (non-hydrogen) atoms. The van der Waals surface area contributed by atoms with Crippen LogP contribution < -0.4 is 10.6 Å². The van der Waals surface area contributed by atoms with Gasteiger partial charge < -0.3 is 59.0 Å². The molecular weight excluding hydrogens is 901 g/mol. The summed E-state index contributed by atoms with van der Waals surface area (Å²) < 4.78 is 22.0. The van der Waals surface area contributed by atoms with E-state index in [1.54, 1.807) is 0 Å². The third-order valence-electron chi connectivity index (χ3n) is 15.2. The lowest BCUT2D eigenvalue weighted by atomic mass is 9.85. The van der Waals surface area contributed by atoms with Gasteiger partial charge in [0, 0.05) is 97.0 Å². The molecule has 2 unspecified atom stereocenters. The summed E-state index contributed by atoms with van der Waals surface area (Å²) in [5.41, 5.74) is -0.277. The number of piperidine rings is 2. The average molecular weight is 1010 g/mol. The van der Waals surface area contributed by atoms with Crippen molar-refractivity contribution in [2.45, 2.75) is 149 Å². The topological polar surface area (TPSA) is 149 Å². The molecule has 0 aromatic rings. The maximum absolute atomic E-state index is 12.8. The van der Waals surface area contributed by atoms with Crippen LogP contribution in [-0.4, -0.2) is 224 Å². The molecule has 4 heterocycles. The number of likely N-dealkylation sites (tertiary alicyclic amines) is 2. The molecule has 4 aliphatic rings. The first-order valence-electron chi connectivity index (χ1n) is 28.5. The molecule has 4 aliphatic heterocycles. The second kappa shape index (κ2) is 34.9. The number of rotatable bonds is 36. The van der Waals surface area contributed by atoms with Crippen LogP contribution in [-0.2, 0) is 38.1 Å². The molecule has 0 saturated carbocycles. The quantitative estimate of drug-likeness (QED) is 0.0461. The lowest BCUT2D eigenvalue weighted by molar-refractivity contribution is -0.148. The van der Waals surface area contributed by atoms with E-state index in [1.165, 1.54) is 44.9 Å². The van der Waals surface area contributed by atoms with Crippen LogP contribution in [0.15, 0.2) is 0 Å². The van der Waals surface area contributed by atoms with Crippen LogP contribution >= 0.6 is 0 Å². The fourth-order valence-corrected chi connectivity index (χ4v) is 10.7. The Kier molecular flexibility index (Phi) is 30.1. The van der Waals surface area contributed by atoms with E-state index < -0.39 is 0 Å². The zero-order valence-corrected chi connectivity index (χ0v) is 46.1. The van der Waals surface area contributed by atoms with Crippen LogP contribution in [0, 0.1) is 17.3 Å². The number of nitrogens with one attached hydrogen (secondary N) is 2. The van der Waals surface area contributed by atoms with E-state index in [4.69, 9.17) is 18.9 Å². The Labute approximate surface area is 431 Å². The van der Waals surface area contributed by atoms with Crippen LogP contribution in [0.4, 0.5) is 0 Å². The average Bonchev–Trinajstić information content (AvgIpc) is 3.33. The molecule has 0 aromatic carbocycles. The van der Waals surface area contributed by atoms with E-state index in [1.807, 2.05) is 0 Å². The number of unbranched alkanes of at least 4 members (excludes halogenated alkanes) is 2. The Morgan fingerprint density at radius 2 is 0.972 bits per heavy atom. The standard InChI is InChI=1S/C55H104N8O8/c1-54(2,44-53(67)71-43-10-9-41-69-51(65)21-26-56-24-14-29-60-36-32-58(5)33-37-60)47-63-28-13-19-49(46-63)17-11-16-48-18-12-27-62(45-48)31-22-52(66)70-42-8-7-40-68-50(64)20-23-55(3,4)57-25-15-30-61-38-34-59(6)35-39-61/h48-49,56-57H,7-47H2,1-6H3. The Bertz CT molecular complexity index is 1470. The Morgan fingerprint density at radius 1 is 0.493 bits per heavy atom. The molecule has 0 aromatic heterocycles. The van der Waals surface area contributed by atoms with Gasteiger partial charge in [-0.05, 0) is 168 Å². The maximum Gasteiger partial charge on any atom is 0.307 e. The van der Waals surface area contributed by atoms with Gasteiger partial charge in [-0.15, -0.1) is 0 Å². The highest BCUT2D eigenvalue weighted by atomic mass is 16.5. The van der Waals surface area contributed by atoms with E-state index in [0.717, 1.165) is 137 Å². The molecular formula is C55H104N8O8. The number of likely N-dealkylation sites (N-methyl/N-ethyl adjacent to an activating group) is 2. The summed E-state index contributed by atoms with van der Waals surface area (Å²) >= 11 is 0. The molecule has 412 valence electrons. The molecule has 2 atom stereocenters. The molecule has 16 nitrogen and oxygen atoms in total. The Balaban J connectivity index is 0.929. The number of hydrogen-bond acceptors (Lipinski definition) is 16. The molecule has 4 saturated heterocycles. The summed E-state index contributed by atoms with van der Waals surface area (Å²) in [7, 11) is 4.36. The molecule has 4 fully saturated rings. The van der Waals surface area contributed by atoms with Crippen LogP contribution in [0.1, 0.15) is 143 Å². The molecule has 0 spiro atoms. The van der Waals surface area contributed by atoms with Crippen LogP contribution in [0.25, 0.3) is 0 Å². The summed E-state index contributed by atoms with van der Waals surface area (Å²) in [6.07, 6.45) is 15.9. The van der Waals surface area contributed by atoms with Crippen molar-refractivity contribution < 1.29 is 38.1 Å². The van der Waals surface area contributed by atoms with E-state index in [-0.39, 0.29) is 34.8 Å². The summed E-state index contributed by atoms with van der Waals surface area (Å²) in [4.78, 5) is 64.7. The largest absolute Gasteiger partial charge is 0.466 e. The van der Waals surface area contributed by atoms with Gasteiger partial charge >= 0.3 is 23.9 Å². The van der Waals surface area contributed by atoms with Crippen molar-refractivity contribution in [1.29, 1.82) is 0 Å². The normalized spacial score (nSPS) is 20.8. The summed E-state index contributed by atoms with van der Waals surface area (Å²) in [5.74, 6) is 0.751. The third-order valence-corrected chi connectivity index (χ3v) is 15.2. The monoisotopic (exact) mass is 1000 g/mol. The first kappa shape index (κ1) is 61.1. The number of carbonyl (C=O) groups is 4. The van der Waals surface area contributed by atoms with E-state index in [0.29, 0.717) is 96.2 Å². The van der Waals surface area contributed by atoms with E-state index in [2.05, 4.69) is 81.8 Å². The smallest absolute Gasteiger partial charge is 0.307 e. The van der Waals surface area contributed by atoms with Gasteiger partial charge in [0.1, 0.15) is 0 Å². The van der Waals surface area contributed by atoms with E-state index in [9.17, 15) is 19.2 Å². The molecule has 2 N–H and O–H groups in total. The van der Waals surface area contributed by atoms with Crippen molar-refractivity contribution in [3.63, 3.8) is 0 Å². The Morgan fingerprint density at radius 3 is 1.54 bits per heavy atom. The summed E-state index contributed by atoms with van der Waals surface area (Å²) in [6, 6.07) is 0. The molecule has 4 rings (SSSR count). The van der Waals surface area contributed by atoms with Gasteiger partial charge in [0.2, 0.25) is 0 Å². The molecule has 0 bridgehead atoms. The second-order valence-electron chi connectivity index (χ2n) is 23.2. The lowest BCUT2D eigenvalue weighted by Crippen LogP contribution is -2.46. The number of esters is 4. The van der Waals surface area contributed by atoms with E-state index >= 15 is 0 Å². The van der Waals surface area contributed by atoms with Crippen molar-refractivity contribution in [1.82, 2.24) is 40.0 Å². The first-order valence-corrected chi connectivity index (χ1v) is 28.5. The van der Waals surface area contributed by atoms with Gasteiger partial charge in [0.15, 0.2) is 0 Å². The molecule has 0 amide bonds. The number of piperazine rings is 2. The van der Waals surface area contributed by atoms with Crippen LogP contribution in [0.5, 0.6) is 0 Å². The minimum absolute atomic E-state index is 0.113. The van der Waals surface area contributed by atoms with Gasteiger partial charge in [-0.25, -0.2) is 0 Å². The number of hydrogen-bond donors (Lipinski definition) is 2. The van der Waals surface area contributed by atoms with Crippen molar-refractivity contribution in [2.24, 2.45) is 17.3 Å². The lowest BCUT2D eigenvalue weighted by Gasteiger charge is -2.38. The highest BCUT2D eigenvalue weighted by Crippen LogP contribution is 2.30. The maximum atomic E-state index is 12.8. The van der Waals surface area contributed by atoms with Crippen molar-refractivity contribution in [3.8, 4) is 0 Å². The minimum atomic E-state index is -0.178. The molecule has 16 heteroatoms. The fourth-order valence-electron chi connectivity index (χ4n) is 10.7. The number of nitrogens with zero attached hydrogens (tertiary/aromatic N) is 6. The highest BCUT2D eigenvalue weighted by molar-refractivity contribution is 5.70. The number of carbonyl (C=O) groups excluding carboxylic acids is 4. The van der Waals surface area contributed by atoms with Gasteiger partial charge in [-0.3, -0.25) is 19.2 Å². The zero-order chi connectivity index (χ0) is 51.2. The van der Waals surface area contributed by atoms with Crippen LogP contribution in [0.3, 0.4) is 0 Å².